The number of nitrogens with one attached hydrogen (secondary N) is 1. The van der Waals surface area contributed by atoms with Crippen LogP contribution in [0.15, 0.2) is 34.5 Å². The van der Waals surface area contributed by atoms with Crippen molar-refractivity contribution in [1.82, 2.24) is 9.97 Å². The molecule has 3 rings (SSSR count). The van der Waals surface area contributed by atoms with Crippen molar-refractivity contribution in [3.8, 4) is 5.88 Å². The van der Waals surface area contributed by atoms with Crippen LogP contribution in [-0.2, 0) is 0 Å². The molecule has 0 aliphatic heterocycles. The average Bonchev–Trinajstić information content (AvgIpc) is 2.86. The van der Waals surface area contributed by atoms with Crippen LogP contribution in [-0.4, -0.2) is 26.2 Å². The SMILES string of the molecule is O=C(O)c1nc(Cl)c(Cl)c(N=Nc2c(O)[nH]c3ccccc23)c1Cl. The number of halogens is 3. The lowest BCUT2D eigenvalue weighted by Gasteiger charge is -2.05. The lowest BCUT2D eigenvalue weighted by molar-refractivity contribution is 0.0690. The fourth-order valence-corrected chi connectivity index (χ4v) is 2.70. The van der Waals surface area contributed by atoms with Crippen LogP contribution < -0.4 is 0 Å². The zero-order valence-corrected chi connectivity index (χ0v) is 13.9. The molecule has 0 fully saturated rings. The molecule has 24 heavy (non-hydrogen) atoms. The van der Waals surface area contributed by atoms with Gasteiger partial charge in [0.15, 0.2) is 16.5 Å². The highest BCUT2D eigenvalue weighted by atomic mass is 35.5. The Morgan fingerprint density at radius 2 is 1.75 bits per heavy atom. The maximum Gasteiger partial charge on any atom is 0.356 e. The molecule has 7 nitrogen and oxygen atoms in total. The number of aromatic hydroxyl groups is 1. The number of hydrogen-bond donors (Lipinski definition) is 3. The van der Waals surface area contributed by atoms with E-state index in [1.807, 2.05) is 0 Å². The number of hydrogen-bond acceptors (Lipinski definition) is 5. The molecule has 3 N–H and O–H groups in total. The molecule has 0 atom stereocenters. The maximum atomic E-state index is 11.1. The van der Waals surface area contributed by atoms with Crippen LogP contribution >= 0.6 is 34.8 Å². The van der Waals surface area contributed by atoms with Crippen molar-refractivity contribution < 1.29 is 15.0 Å². The summed E-state index contributed by atoms with van der Waals surface area (Å²) in [5.74, 6) is -1.59. The third-order valence-electron chi connectivity index (χ3n) is 3.13. The van der Waals surface area contributed by atoms with E-state index in [-0.39, 0.29) is 32.5 Å². The Morgan fingerprint density at radius 1 is 1.08 bits per heavy atom. The summed E-state index contributed by atoms with van der Waals surface area (Å²) in [6.07, 6.45) is 0. The number of nitrogens with zero attached hydrogens (tertiary/aromatic N) is 3. The Morgan fingerprint density at radius 3 is 2.46 bits per heavy atom. The minimum atomic E-state index is -1.38. The van der Waals surface area contributed by atoms with E-state index in [2.05, 4.69) is 20.2 Å². The molecule has 2 aromatic heterocycles. The molecule has 0 unspecified atom stereocenters. The second kappa shape index (κ2) is 6.27. The minimum absolute atomic E-state index is 0.144. The minimum Gasteiger partial charge on any atom is -0.493 e. The highest BCUT2D eigenvalue weighted by Crippen LogP contribution is 2.42. The average molecular weight is 386 g/mol. The fraction of sp³-hybridized carbons (Fsp3) is 0. The van der Waals surface area contributed by atoms with Crippen LogP contribution in [0.4, 0.5) is 11.4 Å². The normalized spacial score (nSPS) is 11.5. The second-order valence-electron chi connectivity index (χ2n) is 4.60. The monoisotopic (exact) mass is 384 g/mol. The van der Waals surface area contributed by atoms with Crippen molar-refractivity contribution in [2.24, 2.45) is 10.2 Å². The molecule has 0 saturated carbocycles. The molecule has 0 aliphatic carbocycles. The lowest BCUT2D eigenvalue weighted by Crippen LogP contribution is -2.02. The van der Waals surface area contributed by atoms with E-state index < -0.39 is 11.7 Å². The number of carbonyl (C=O) groups is 1. The van der Waals surface area contributed by atoms with Crippen molar-refractivity contribution in [3.05, 3.63) is 45.2 Å². The number of para-hydroxylation sites is 1. The van der Waals surface area contributed by atoms with Crippen molar-refractivity contribution in [2.75, 3.05) is 0 Å². The summed E-state index contributed by atoms with van der Waals surface area (Å²) in [7, 11) is 0. The first-order valence-corrected chi connectivity index (χ1v) is 7.52. The Hall–Kier alpha value is -2.35. The van der Waals surface area contributed by atoms with E-state index in [0.29, 0.717) is 10.9 Å². The number of H-pyrrole nitrogens is 1. The van der Waals surface area contributed by atoms with Gasteiger partial charge in [-0.05, 0) is 6.07 Å². The van der Waals surface area contributed by atoms with Gasteiger partial charge in [0.1, 0.15) is 15.7 Å². The molecule has 2 heterocycles. The molecular formula is C14H7Cl3N4O3. The standard InChI is InChI=1S/C14H7Cl3N4O3/c15-7-10(8(16)12(17)19-11(7)14(23)24)21-20-9-5-3-1-2-4-6(5)18-13(9)22/h1-4,18,22H,(H,23,24). The van der Waals surface area contributed by atoms with Gasteiger partial charge in [0.25, 0.3) is 0 Å². The van der Waals surface area contributed by atoms with Crippen molar-refractivity contribution >= 4 is 63.0 Å². The van der Waals surface area contributed by atoms with E-state index in [1.54, 1.807) is 24.3 Å². The number of carboxylic acids is 1. The molecule has 10 heteroatoms. The van der Waals surface area contributed by atoms with Gasteiger partial charge in [0.2, 0.25) is 5.88 Å². The number of aromatic nitrogens is 2. The van der Waals surface area contributed by atoms with Gasteiger partial charge in [-0.25, -0.2) is 9.78 Å². The van der Waals surface area contributed by atoms with E-state index in [4.69, 9.17) is 39.9 Å². The molecule has 0 saturated heterocycles. The molecule has 122 valence electrons. The fourth-order valence-electron chi connectivity index (χ4n) is 2.05. The quantitative estimate of drug-likeness (QED) is 0.417. The number of benzene rings is 1. The number of aromatic amines is 1. The second-order valence-corrected chi connectivity index (χ2v) is 5.71. The van der Waals surface area contributed by atoms with Crippen molar-refractivity contribution in [3.63, 3.8) is 0 Å². The Kier molecular flexibility index (Phi) is 4.31. The molecule has 0 radical (unpaired) electrons. The van der Waals surface area contributed by atoms with Gasteiger partial charge in [-0.3, -0.25) is 0 Å². The van der Waals surface area contributed by atoms with Crippen LogP contribution in [0.2, 0.25) is 15.2 Å². The topological polar surface area (TPSA) is 111 Å². The van der Waals surface area contributed by atoms with Gasteiger partial charge >= 0.3 is 5.97 Å². The van der Waals surface area contributed by atoms with E-state index in [9.17, 15) is 9.90 Å². The third-order valence-corrected chi connectivity index (χ3v) is 4.21. The Bertz CT molecular complexity index is 1000. The number of fused-ring (bicyclic) bond motifs is 1. The van der Waals surface area contributed by atoms with E-state index in [1.165, 1.54) is 0 Å². The summed E-state index contributed by atoms with van der Waals surface area (Å²) in [6, 6.07) is 7.03. The van der Waals surface area contributed by atoms with E-state index in [0.717, 1.165) is 0 Å². The van der Waals surface area contributed by atoms with Gasteiger partial charge in [0.05, 0.1) is 5.52 Å². The van der Waals surface area contributed by atoms with E-state index >= 15 is 0 Å². The number of pyridine rings is 1. The van der Waals surface area contributed by atoms with Crippen molar-refractivity contribution in [2.45, 2.75) is 0 Å². The molecule has 0 aliphatic rings. The summed E-state index contributed by atoms with van der Waals surface area (Å²) in [4.78, 5) is 17.5. The highest BCUT2D eigenvalue weighted by molar-refractivity contribution is 6.45. The number of aromatic carboxylic acids is 1. The zero-order valence-electron chi connectivity index (χ0n) is 11.6. The summed E-state index contributed by atoms with van der Waals surface area (Å²) in [6.45, 7) is 0. The van der Waals surface area contributed by atoms with Crippen LogP contribution in [0.25, 0.3) is 10.9 Å². The highest BCUT2D eigenvalue weighted by Gasteiger charge is 2.21. The number of carboxylic acid groups (broad SMARTS) is 1. The number of azo groups is 1. The predicted octanol–water partition coefficient (Wildman–Crippen LogP) is 5.34. The molecule has 0 amide bonds. The summed E-state index contributed by atoms with van der Waals surface area (Å²) >= 11 is 17.7. The van der Waals surface area contributed by atoms with Crippen LogP contribution in [0.3, 0.4) is 0 Å². The molecule has 0 bridgehead atoms. The first kappa shape index (κ1) is 16.5. The Balaban J connectivity index is 2.15. The summed E-state index contributed by atoms with van der Waals surface area (Å²) in [5.41, 5.74) is 0.159. The van der Waals surface area contributed by atoms with Crippen LogP contribution in [0, 0.1) is 0 Å². The first-order valence-electron chi connectivity index (χ1n) is 6.39. The van der Waals surface area contributed by atoms with Gasteiger partial charge in [-0.1, -0.05) is 53.0 Å². The largest absolute Gasteiger partial charge is 0.493 e. The maximum absolute atomic E-state index is 11.1. The van der Waals surface area contributed by atoms with Crippen molar-refractivity contribution in [1.29, 1.82) is 0 Å². The molecule has 0 spiro atoms. The third kappa shape index (κ3) is 2.77. The van der Waals surface area contributed by atoms with Crippen LogP contribution in [0.1, 0.15) is 10.5 Å². The number of rotatable bonds is 3. The van der Waals surface area contributed by atoms with Gasteiger partial charge in [-0.15, -0.1) is 10.2 Å². The smallest absolute Gasteiger partial charge is 0.356 e. The molecule has 1 aromatic carbocycles. The summed E-state index contributed by atoms with van der Waals surface area (Å²) < 4.78 is 0. The lowest BCUT2D eigenvalue weighted by atomic mass is 10.2. The first-order chi connectivity index (χ1) is 11.4. The predicted molar refractivity (Wildman–Crippen MR) is 90.4 cm³/mol. The molecule has 3 aromatic rings. The van der Waals surface area contributed by atoms with Crippen LogP contribution in [0.5, 0.6) is 5.88 Å². The van der Waals surface area contributed by atoms with Gasteiger partial charge < -0.3 is 15.2 Å². The Labute approximate surface area is 149 Å². The summed E-state index contributed by atoms with van der Waals surface area (Å²) in [5, 5.41) is 26.7. The van der Waals surface area contributed by atoms with Gasteiger partial charge in [-0.2, -0.15) is 0 Å². The zero-order chi connectivity index (χ0) is 17.4. The van der Waals surface area contributed by atoms with Gasteiger partial charge in [0, 0.05) is 5.39 Å². The molecular weight excluding hydrogens is 379 g/mol.